The van der Waals surface area contributed by atoms with E-state index < -0.39 is 5.97 Å². The van der Waals surface area contributed by atoms with Crippen LogP contribution < -0.4 is 4.90 Å². The number of rotatable bonds is 4. The summed E-state index contributed by atoms with van der Waals surface area (Å²) in [4.78, 5) is 28.1. The van der Waals surface area contributed by atoms with E-state index in [9.17, 15) is 14.0 Å². The minimum absolute atomic E-state index is 0.101. The summed E-state index contributed by atoms with van der Waals surface area (Å²) in [7, 11) is 0. The molecule has 1 fully saturated rings. The minimum atomic E-state index is -0.694. The molecule has 8 heteroatoms. The van der Waals surface area contributed by atoms with Crippen molar-refractivity contribution < 1.29 is 18.7 Å². The van der Waals surface area contributed by atoms with E-state index >= 15 is 0 Å². The van der Waals surface area contributed by atoms with Gasteiger partial charge in [0.2, 0.25) is 0 Å². The summed E-state index contributed by atoms with van der Waals surface area (Å²) in [6.07, 6.45) is 0. The molecular weight excluding hydrogens is 394 g/mol. The second-order valence-electron chi connectivity index (χ2n) is 6.02. The Hall–Kier alpha value is -2.31. The summed E-state index contributed by atoms with van der Waals surface area (Å²) in [6.45, 7) is 1.85. The summed E-state index contributed by atoms with van der Waals surface area (Å²) in [6, 6.07) is 10.9. The lowest BCUT2D eigenvalue weighted by molar-refractivity contribution is -0.134. The van der Waals surface area contributed by atoms with Gasteiger partial charge in [-0.3, -0.25) is 4.79 Å². The molecular formula is C19H17Cl2FN2O3. The third kappa shape index (κ3) is 4.70. The molecule has 2 aromatic carbocycles. The summed E-state index contributed by atoms with van der Waals surface area (Å²) in [5.74, 6) is -1.25. The number of halogens is 3. The van der Waals surface area contributed by atoms with E-state index in [1.54, 1.807) is 29.2 Å². The first-order valence-corrected chi connectivity index (χ1v) is 9.10. The van der Waals surface area contributed by atoms with Crippen LogP contribution in [0.2, 0.25) is 10.0 Å². The summed E-state index contributed by atoms with van der Waals surface area (Å²) < 4.78 is 18.1. The molecule has 5 nitrogen and oxygen atoms in total. The number of hydrogen-bond donors (Lipinski definition) is 0. The highest BCUT2D eigenvalue weighted by molar-refractivity contribution is 6.43. The van der Waals surface area contributed by atoms with Crippen LogP contribution in [0.3, 0.4) is 0 Å². The molecule has 1 saturated heterocycles. The SMILES string of the molecule is O=C(OCC(=O)N1CCN(c2ccc(F)cc2)CC1)c1cccc(Cl)c1Cl. The van der Waals surface area contributed by atoms with E-state index in [4.69, 9.17) is 27.9 Å². The fourth-order valence-electron chi connectivity index (χ4n) is 2.82. The molecule has 0 aromatic heterocycles. The first kappa shape index (κ1) is 19.5. The van der Waals surface area contributed by atoms with Crippen LogP contribution >= 0.6 is 23.2 Å². The first-order chi connectivity index (χ1) is 13.0. The molecule has 0 N–H and O–H groups in total. The Morgan fingerprint density at radius 2 is 1.67 bits per heavy atom. The van der Waals surface area contributed by atoms with Crippen molar-refractivity contribution in [3.8, 4) is 0 Å². The third-order valence-electron chi connectivity index (χ3n) is 4.32. The fourth-order valence-corrected chi connectivity index (χ4v) is 3.20. The first-order valence-electron chi connectivity index (χ1n) is 8.35. The van der Waals surface area contributed by atoms with E-state index in [0.29, 0.717) is 26.2 Å². The van der Waals surface area contributed by atoms with Crippen molar-refractivity contribution >= 4 is 40.8 Å². The molecule has 0 spiro atoms. The fraction of sp³-hybridized carbons (Fsp3) is 0.263. The lowest BCUT2D eigenvalue weighted by Crippen LogP contribution is -2.49. The van der Waals surface area contributed by atoms with Gasteiger partial charge in [-0.2, -0.15) is 0 Å². The topological polar surface area (TPSA) is 49.9 Å². The maximum atomic E-state index is 13.0. The highest BCUT2D eigenvalue weighted by Gasteiger charge is 2.23. The summed E-state index contributed by atoms with van der Waals surface area (Å²) >= 11 is 11.9. The number of amides is 1. The van der Waals surface area contributed by atoms with Gasteiger partial charge >= 0.3 is 5.97 Å². The molecule has 1 amide bonds. The van der Waals surface area contributed by atoms with Crippen molar-refractivity contribution in [1.29, 1.82) is 0 Å². The van der Waals surface area contributed by atoms with Crippen LogP contribution in [-0.4, -0.2) is 49.6 Å². The van der Waals surface area contributed by atoms with Crippen LogP contribution in [-0.2, 0) is 9.53 Å². The van der Waals surface area contributed by atoms with Crippen molar-refractivity contribution in [2.24, 2.45) is 0 Å². The highest BCUT2D eigenvalue weighted by atomic mass is 35.5. The van der Waals surface area contributed by atoms with Crippen LogP contribution in [0.15, 0.2) is 42.5 Å². The van der Waals surface area contributed by atoms with Crippen LogP contribution in [0.1, 0.15) is 10.4 Å². The third-order valence-corrected chi connectivity index (χ3v) is 5.14. The molecule has 142 valence electrons. The largest absolute Gasteiger partial charge is 0.452 e. The Morgan fingerprint density at radius 1 is 1.00 bits per heavy atom. The minimum Gasteiger partial charge on any atom is -0.452 e. The van der Waals surface area contributed by atoms with Gasteiger partial charge < -0.3 is 14.5 Å². The maximum absolute atomic E-state index is 13.0. The Balaban J connectivity index is 1.50. The molecule has 0 aliphatic carbocycles. The number of ether oxygens (including phenoxy) is 1. The second-order valence-corrected chi connectivity index (χ2v) is 6.81. The molecule has 2 aromatic rings. The smallest absolute Gasteiger partial charge is 0.340 e. The Morgan fingerprint density at radius 3 is 2.33 bits per heavy atom. The van der Waals surface area contributed by atoms with Crippen molar-refractivity contribution in [1.82, 2.24) is 4.90 Å². The normalized spacial score (nSPS) is 14.2. The van der Waals surface area contributed by atoms with E-state index in [2.05, 4.69) is 4.90 Å². The Bertz CT molecular complexity index is 837. The van der Waals surface area contributed by atoms with Gasteiger partial charge in [-0.25, -0.2) is 9.18 Å². The van der Waals surface area contributed by atoms with E-state index in [1.807, 2.05) is 0 Å². The predicted octanol–water partition coefficient (Wildman–Crippen LogP) is 3.64. The number of anilines is 1. The molecule has 0 atom stereocenters. The van der Waals surface area contributed by atoms with E-state index in [1.165, 1.54) is 18.2 Å². The van der Waals surface area contributed by atoms with Crippen molar-refractivity contribution in [3.63, 3.8) is 0 Å². The van der Waals surface area contributed by atoms with Crippen molar-refractivity contribution in [3.05, 3.63) is 63.9 Å². The Kier molecular flexibility index (Phi) is 6.19. The van der Waals surface area contributed by atoms with Gasteiger partial charge in [-0.05, 0) is 36.4 Å². The molecule has 0 bridgehead atoms. The molecule has 3 rings (SSSR count). The molecule has 27 heavy (non-hydrogen) atoms. The maximum Gasteiger partial charge on any atom is 0.340 e. The number of esters is 1. The van der Waals surface area contributed by atoms with Gasteiger partial charge in [0.1, 0.15) is 5.82 Å². The van der Waals surface area contributed by atoms with Gasteiger partial charge in [-0.15, -0.1) is 0 Å². The van der Waals surface area contributed by atoms with E-state index in [-0.39, 0.29) is 33.9 Å². The van der Waals surface area contributed by atoms with Crippen LogP contribution in [0.25, 0.3) is 0 Å². The molecule has 1 aliphatic rings. The van der Waals surface area contributed by atoms with Gasteiger partial charge in [0.25, 0.3) is 5.91 Å². The zero-order valence-electron chi connectivity index (χ0n) is 14.3. The lowest BCUT2D eigenvalue weighted by Gasteiger charge is -2.36. The van der Waals surface area contributed by atoms with Gasteiger partial charge in [0, 0.05) is 31.9 Å². The van der Waals surface area contributed by atoms with Crippen LogP contribution in [0.4, 0.5) is 10.1 Å². The number of benzene rings is 2. The zero-order valence-corrected chi connectivity index (χ0v) is 15.8. The van der Waals surface area contributed by atoms with Crippen LogP contribution in [0.5, 0.6) is 0 Å². The Labute approximate surface area is 166 Å². The number of piperazine rings is 1. The lowest BCUT2D eigenvalue weighted by atomic mass is 10.2. The molecule has 0 unspecified atom stereocenters. The second kappa shape index (κ2) is 8.59. The monoisotopic (exact) mass is 410 g/mol. The zero-order chi connectivity index (χ0) is 19.4. The van der Waals surface area contributed by atoms with Crippen molar-refractivity contribution in [2.45, 2.75) is 0 Å². The van der Waals surface area contributed by atoms with Gasteiger partial charge in [0.05, 0.1) is 15.6 Å². The number of carbonyl (C=O) groups is 2. The summed E-state index contributed by atoms with van der Waals surface area (Å²) in [5.41, 5.74) is 1.03. The van der Waals surface area contributed by atoms with Gasteiger partial charge in [0.15, 0.2) is 6.61 Å². The van der Waals surface area contributed by atoms with Crippen molar-refractivity contribution in [2.75, 3.05) is 37.7 Å². The highest BCUT2D eigenvalue weighted by Crippen LogP contribution is 2.26. The molecule has 0 saturated carbocycles. The number of nitrogens with zero attached hydrogens (tertiary/aromatic N) is 2. The van der Waals surface area contributed by atoms with E-state index in [0.717, 1.165) is 5.69 Å². The molecule has 1 aliphatic heterocycles. The average molecular weight is 411 g/mol. The molecule has 1 heterocycles. The van der Waals surface area contributed by atoms with Gasteiger partial charge in [-0.1, -0.05) is 29.3 Å². The summed E-state index contributed by atoms with van der Waals surface area (Å²) in [5, 5.41) is 0.346. The molecule has 0 radical (unpaired) electrons. The standard InChI is InChI=1S/C19H17Cl2FN2O3/c20-16-3-1-2-15(18(16)21)19(26)27-12-17(25)24-10-8-23(9-11-24)14-6-4-13(22)5-7-14/h1-7H,8-12H2. The number of carbonyl (C=O) groups excluding carboxylic acids is 2. The predicted molar refractivity (Wildman–Crippen MR) is 102 cm³/mol. The van der Waals surface area contributed by atoms with Crippen LogP contribution in [0, 0.1) is 5.82 Å². The number of hydrogen-bond acceptors (Lipinski definition) is 4. The average Bonchev–Trinajstić information content (AvgIpc) is 2.68. The quantitative estimate of drug-likeness (QED) is 0.721.